The van der Waals surface area contributed by atoms with Gasteiger partial charge in [-0.2, -0.15) is 0 Å². The first-order valence-corrected chi connectivity index (χ1v) is 8.79. The molecule has 112 valence electrons. The molecule has 21 heavy (non-hydrogen) atoms. The van der Waals surface area contributed by atoms with Gasteiger partial charge in [-0.3, -0.25) is 4.90 Å². The highest BCUT2D eigenvalue weighted by molar-refractivity contribution is 7.11. The Morgan fingerprint density at radius 3 is 2.86 bits per heavy atom. The monoisotopic (exact) mass is 302 g/mol. The fraction of sp³-hybridized carbons (Fsp3) is 0.625. The van der Waals surface area contributed by atoms with Crippen LogP contribution < -0.4 is 0 Å². The third-order valence-corrected chi connectivity index (χ3v) is 5.70. The second-order valence-electron chi connectivity index (χ2n) is 6.28. The van der Waals surface area contributed by atoms with Gasteiger partial charge < -0.3 is 4.57 Å². The Morgan fingerprint density at radius 2 is 2.14 bits per heavy atom. The molecule has 2 aliphatic rings. The van der Waals surface area contributed by atoms with Gasteiger partial charge in [0.25, 0.3) is 0 Å². The van der Waals surface area contributed by atoms with Crippen LogP contribution in [0.4, 0.5) is 0 Å². The SMILES string of the molecule is Cn1ccnc1CN(Cc1nc2c(s1)CCCC2)C1CC1. The summed E-state index contributed by atoms with van der Waals surface area (Å²) in [5.41, 5.74) is 1.38. The van der Waals surface area contributed by atoms with E-state index in [2.05, 4.69) is 21.5 Å². The molecule has 1 fully saturated rings. The molecule has 2 aromatic heterocycles. The molecule has 5 heteroatoms. The number of aryl methyl sites for hydroxylation is 3. The molecule has 0 spiro atoms. The third-order valence-electron chi connectivity index (χ3n) is 4.56. The molecule has 0 amide bonds. The van der Waals surface area contributed by atoms with E-state index >= 15 is 0 Å². The summed E-state index contributed by atoms with van der Waals surface area (Å²) < 4.78 is 2.13. The molecular weight excluding hydrogens is 280 g/mol. The maximum Gasteiger partial charge on any atom is 0.122 e. The van der Waals surface area contributed by atoms with Crippen molar-refractivity contribution in [2.24, 2.45) is 7.05 Å². The van der Waals surface area contributed by atoms with E-state index in [4.69, 9.17) is 4.98 Å². The Hall–Kier alpha value is -1.20. The van der Waals surface area contributed by atoms with Gasteiger partial charge in [0.2, 0.25) is 0 Å². The van der Waals surface area contributed by atoms with Crippen LogP contribution in [0.2, 0.25) is 0 Å². The Bertz CT molecular complexity index is 603. The highest BCUT2D eigenvalue weighted by Crippen LogP contribution is 2.32. The van der Waals surface area contributed by atoms with Gasteiger partial charge in [0.15, 0.2) is 0 Å². The molecule has 0 aromatic carbocycles. The predicted octanol–water partition coefficient (Wildman–Crippen LogP) is 2.92. The fourth-order valence-corrected chi connectivity index (χ4v) is 4.31. The fourth-order valence-electron chi connectivity index (χ4n) is 3.13. The first-order chi connectivity index (χ1) is 10.3. The summed E-state index contributed by atoms with van der Waals surface area (Å²) in [6, 6.07) is 0.739. The number of aromatic nitrogens is 3. The molecule has 2 aromatic rings. The number of thiazole rings is 1. The molecule has 0 radical (unpaired) electrons. The average Bonchev–Trinajstić information content (AvgIpc) is 3.13. The summed E-state index contributed by atoms with van der Waals surface area (Å²) in [4.78, 5) is 13.5. The number of fused-ring (bicyclic) bond motifs is 1. The van der Waals surface area contributed by atoms with Crippen LogP contribution in [-0.4, -0.2) is 25.5 Å². The molecule has 0 bridgehead atoms. The second kappa shape index (κ2) is 5.54. The van der Waals surface area contributed by atoms with Crippen LogP contribution in [0.15, 0.2) is 12.4 Å². The molecule has 0 aliphatic heterocycles. The van der Waals surface area contributed by atoms with Crippen LogP contribution in [0.1, 0.15) is 47.1 Å². The topological polar surface area (TPSA) is 34.0 Å². The van der Waals surface area contributed by atoms with Crippen molar-refractivity contribution in [3.8, 4) is 0 Å². The van der Waals surface area contributed by atoms with E-state index in [-0.39, 0.29) is 0 Å². The minimum absolute atomic E-state index is 0.739. The lowest BCUT2D eigenvalue weighted by atomic mass is 10.0. The third kappa shape index (κ3) is 2.90. The molecular formula is C16H22N4S. The van der Waals surface area contributed by atoms with Crippen molar-refractivity contribution in [2.75, 3.05) is 0 Å². The smallest absolute Gasteiger partial charge is 0.122 e. The largest absolute Gasteiger partial charge is 0.337 e. The summed E-state index contributed by atoms with van der Waals surface area (Å²) in [5, 5.41) is 1.31. The van der Waals surface area contributed by atoms with E-state index in [1.807, 2.05) is 23.7 Å². The maximum absolute atomic E-state index is 4.90. The zero-order valence-electron chi connectivity index (χ0n) is 12.6. The van der Waals surface area contributed by atoms with Crippen molar-refractivity contribution in [3.05, 3.63) is 33.8 Å². The Kier molecular flexibility index (Phi) is 3.55. The number of hydrogen-bond donors (Lipinski definition) is 0. The highest BCUT2D eigenvalue weighted by atomic mass is 32.1. The van der Waals surface area contributed by atoms with Gasteiger partial charge in [0, 0.05) is 30.4 Å². The van der Waals surface area contributed by atoms with Gasteiger partial charge in [0.1, 0.15) is 10.8 Å². The molecule has 4 nitrogen and oxygen atoms in total. The van der Waals surface area contributed by atoms with Crippen molar-refractivity contribution in [1.29, 1.82) is 0 Å². The van der Waals surface area contributed by atoms with Crippen molar-refractivity contribution >= 4 is 11.3 Å². The normalized spacial score (nSPS) is 18.2. The summed E-state index contributed by atoms with van der Waals surface area (Å²) in [7, 11) is 2.08. The molecule has 0 atom stereocenters. The van der Waals surface area contributed by atoms with Gasteiger partial charge >= 0.3 is 0 Å². The van der Waals surface area contributed by atoms with Crippen LogP contribution in [-0.2, 0) is 33.0 Å². The second-order valence-corrected chi connectivity index (χ2v) is 7.44. The molecule has 4 rings (SSSR count). The van der Waals surface area contributed by atoms with Crippen LogP contribution >= 0.6 is 11.3 Å². The zero-order chi connectivity index (χ0) is 14.2. The highest BCUT2D eigenvalue weighted by Gasteiger charge is 2.30. The zero-order valence-corrected chi connectivity index (χ0v) is 13.4. The van der Waals surface area contributed by atoms with Crippen molar-refractivity contribution in [3.63, 3.8) is 0 Å². The summed E-state index contributed by atoms with van der Waals surface area (Å²) in [6.07, 6.45) is 11.7. The van der Waals surface area contributed by atoms with E-state index in [9.17, 15) is 0 Å². The van der Waals surface area contributed by atoms with Crippen LogP contribution in [0, 0.1) is 0 Å². The lowest BCUT2D eigenvalue weighted by Gasteiger charge is -2.20. The minimum atomic E-state index is 0.739. The summed E-state index contributed by atoms with van der Waals surface area (Å²) in [5.74, 6) is 1.16. The van der Waals surface area contributed by atoms with Crippen molar-refractivity contribution in [2.45, 2.75) is 57.7 Å². The predicted molar refractivity (Wildman–Crippen MR) is 84.2 cm³/mol. The van der Waals surface area contributed by atoms with Crippen LogP contribution in [0.25, 0.3) is 0 Å². The number of nitrogens with zero attached hydrogens (tertiary/aromatic N) is 4. The molecule has 0 unspecified atom stereocenters. The first-order valence-electron chi connectivity index (χ1n) is 7.97. The number of hydrogen-bond acceptors (Lipinski definition) is 4. The molecule has 2 heterocycles. The van der Waals surface area contributed by atoms with Crippen LogP contribution in [0.5, 0.6) is 0 Å². The van der Waals surface area contributed by atoms with Gasteiger partial charge in [-0.1, -0.05) is 0 Å². The quantitative estimate of drug-likeness (QED) is 0.851. The number of rotatable bonds is 5. The van der Waals surface area contributed by atoms with Gasteiger partial charge in [0.05, 0.1) is 18.8 Å². The van der Waals surface area contributed by atoms with E-state index in [1.54, 1.807) is 4.88 Å². The van der Waals surface area contributed by atoms with Crippen molar-refractivity contribution < 1.29 is 0 Å². The van der Waals surface area contributed by atoms with Gasteiger partial charge in [-0.25, -0.2) is 9.97 Å². The molecule has 0 saturated heterocycles. The number of imidazole rings is 1. The average molecular weight is 302 g/mol. The first kappa shape index (κ1) is 13.5. The minimum Gasteiger partial charge on any atom is -0.337 e. The summed E-state index contributed by atoms with van der Waals surface area (Å²) in [6.45, 7) is 1.94. The van der Waals surface area contributed by atoms with Crippen LogP contribution in [0.3, 0.4) is 0 Å². The van der Waals surface area contributed by atoms with E-state index in [1.165, 1.54) is 49.2 Å². The van der Waals surface area contributed by atoms with Crippen molar-refractivity contribution in [1.82, 2.24) is 19.4 Å². The Balaban J connectivity index is 1.50. The lowest BCUT2D eigenvalue weighted by molar-refractivity contribution is 0.236. The molecule has 0 N–H and O–H groups in total. The van der Waals surface area contributed by atoms with Gasteiger partial charge in [-0.05, 0) is 38.5 Å². The lowest BCUT2D eigenvalue weighted by Crippen LogP contribution is -2.26. The molecule has 2 aliphatic carbocycles. The van der Waals surface area contributed by atoms with E-state index < -0.39 is 0 Å². The van der Waals surface area contributed by atoms with E-state index in [0.29, 0.717) is 0 Å². The van der Waals surface area contributed by atoms with Gasteiger partial charge in [-0.15, -0.1) is 11.3 Å². The molecule has 1 saturated carbocycles. The maximum atomic E-state index is 4.90. The Morgan fingerprint density at radius 1 is 1.29 bits per heavy atom. The standard InChI is InChI=1S/C16H22N4S/c1-19-9-8-17-15(19)10-20(12-6-7-12)11-16-18-13-4-2-3-5-14(13)21-16/h8-9,12H,2-7,10-11H2,1H3. The van der Waals surface area contributed by atoms with E-state index in [0.717, 1.165) is 25.0 Å². The summed E-state index contributed by atoms with van der Waals surface area (Å²) >= 11 is 1.95. The Labute approximate surface area is 129 Å².